The molecule has 8 rings (SSSR count). The van der Waals surface area contributed by atoms with Gasteiger partial charge < -0.3 is 58.0 Å². The molecule has 0 amide bonds. The van der Waals surface area contributed by atoms with Crippen LogP contribution in [-0.4, -0.2) is 126 Å². The van der Waals surface area contributed by atoms with Gasteiger partial charge in [-0.25, -0.2) is 9.59 Å². The van der Waals surface area contributed by atoms with Gasteiger partial charge >= 0.3 is 23.9 Å². The first-order valence-corrected chi connectivity index (χ1v) is 17.2. The Morgan fingerprint density at radius 2 is 1.67 bits per heavy atom. The Morgan fingerprint density at radius 3 is 2.31 bits per heavy atom. The summed E-state index contributed by atoms with van der Waals surface area (Å²) in [7, 11) is 2.30. The molecule has 3 N–H and O–H groups in total. The molecular weight excluding hydrogens is 676 g/mol. The molecule has 0 aromatic heterocycles. The van der Waals surface area contributed by atoms with Crippen LogP contribution in [0.25, 0.3) is 0 Å². The van der Waals surface area contributed by atoms with E-state index in [0.717, 1.165) is 7.11 Å². The monoisotopic (exact) mass is 720 g/mol. The molecule has 280 valence electrons. The van der Waals surface area contributed by atoms with Crippen LogP contribution in [-0.2, 0) is 61.8 Å². The van der Waals surface area contributed by atoms with Crippen molar-refractivity contribution in [2.45, 2.75) is 107 Å². The van der Waals surface area contributed by atoms with E-state index >= 15 is 0 Å². The van der Waals surface area contributed by atoms with Crippen molar-refractivity contribution in [3.05, 3.63) is 24.0 Å². The van der Waals surface area contributed by atoms with E-state index < -0.39 is 124 Å². The van der Waals surface area contributed by atoms with Gasteiger partial charge in [-0.3, -0.25) is 9.59 Å². The molecule has 0 aromatic carbocycles. The number of carbonyl (C=O) groups is 4. The topological polar surface area (TPSA) is 212 Å². The summed E-state index contributed by atoms with van der Waals surface area (Å²) in [6, 6.07) is 0. The van der Waals surface area contributed by atoms with Crippen LogP contribution in [0.4, 0.5) is 0 Å². The number of rotatable bonds is 5. The first-order valence-electron chi connectivity index (χ1n) is 17.2. The van der Waals surface area contributed by atoms with Gasteiger partial charge in [0.1, 0.15) is 28.8 Å². The Bertz CT molecular complexity index is 1660. The zero-order valence-corrected chi connectivity index (χ0v) is 29.4. The SMILES string of the molecule is C/C=C(\C)C(=O)O[C@H]1C[C@@H](OC(C)=O)[C@@]2(C(=O)OC)CO[C@H]3[C@@H](O)[C@@]45CO[C@@](C(=O)OC)(O[C@@]6(C)[C@H]7C[C@H](O[C@@H]8OC=C[C@@]87O)[C@@]46O)[C@H]5[C@]1(C)[C@@H]32. The van der Waals surface area contributed by atoms with E-state index in [-0.39, 0.29) is 25.0 Å². The number of esters is 4. The van der Waals surface area contributed by atoms with Crippen LogP contribution in [0.15, 0.2) is 24.0 Å². The second kappa shape index (κ2) is 10.5. The second-order valence-corrected chi connectivity index (χ2v) is 15.8. The van der Waals surface area contributed by atoms with E-state index in [0.29, 0.717) is 0 Å². The lowest BCUT2D eigenvalue weighted by atomic mass is 9.35. The summed E-state index contributed by atoms with van der Waals surface area (Å²) in [6.07, 6.45) is -3.94. The number of hydrogen-bond donors (Lipinski definition) is 3. The highest BCUT2D eigenvalue weighted by Crippen LogP contribution is 2.81. The Hall–Kier alpha value is -3.12. The van der Waals surface area contributed by atoms with Gasteiger partial charge in [0.25, 0.3) is 5.79 Å². The molecule has 0 spiro atoms. The Labute approximate surface area is 293 Å². The summed E-state index contributed by atoms with van der Waals surface area (Å²) >= 11 is 0. The number of ether oxygens (including phenoxy) is 9. The van der Waals surface area contributed by atoms with Crippen LogP contribution in [0.3, 0.4) is 0 Å². The summed E-state index contributed by atoms with van der Waals surface area (Å²) in [5.41, 5.74) is -11.0. The molecule has 4 saturated heterocycles. The molecule has 0 radical (unpaired) electrons. The van der Waals surface area contributed by atoms with E-state index in [1.165, 1.54) is 33.3 Å². The van der Waals surface area contributed by atoms with E-state index in [1.807, 2.05) is 0 Å². The van der Waals surface area contributed by atoms with Crippen molar-refractivity contribution in [3.63, 3.8) is 0 Å². The van der Waals surface area contributed by atoms with Crippen molar-refractivity contribution in [2.75, 3.05) is 27.4 Å². The Kier molecular flexibility index (Phi) is 7.20. The fraction of sp³-hybridized carbons (Fsp3) is 0.771. The van der Waals surface area contributed by atoms with Crippen LogP contribution in [0.2, 0.25) is 0 Å². The smallest absolute Gasteiger partial charge is 0.366 e. The molecule has 0 unspecified atom stereocenters. The van der Waals surface area contributed by atoms with Gasteiger partial charge in [0.15, 0.2) is 5.60 Å². The number of carbonyl (C=O) groups excluding carboxylic acids is 4. The maximum absolute atomic E-state index is 14.4. The zero-order valence-electron chi connectivity index (χ0n) is 29.4. The summed E-state index contributed by atoms with van der Waals surface area (Å²) in [5.74, 6) is -9.30. The number of methoxy groups -OCH3 is 2. The van der Waals surface area contributed by atoms with Crippen molar-refractivity contribution < 1.29 is 77.1 Å². The molecular formula is C35H44O16. The minimum absolute atomic E-state index is 0.0251. The molecule has 8 aliphatic rings. The normalized spacial score (nSPS) is 53.9. The van der Waals surface area contributed by atoms with Crippen molar-refractivity contribution in [1.82, 2.24) is 0 Å². The van der Waals surface area contributed by atoms with E-state index in [9.17, 15) is 34.5 Å². The molecule has 5 heterocycles. The molecule has 51 heavy (non-hydrogen) atoms. The lowest BCUT2D eigenvalue weighted by molar-refractivity contribution is -0.410. The highest BCUT2D eigenvalue weighted by molar-refractivity contribution is 5.88. The number of fused-ring (bicyclic) bond motifs is 7. The van der Waals surface area contributed by atoms with Gasteiger partial charge in [-0.05, 0) is 33.3 Å². The van der Waals surface area contributed by atoms with E-state index in [1.54, 1.807) is 26.8 Å². The van der Waals surface area contributed by atoms with Gasteiger partial charge in [-0.1, -0.05) is 13.0 Å². The highest BCUT2D eigenvalue weighted by Gasteiger charge is 2.96. The zero-order chi connectivity index (χ0) is 36.9. The van der Waals surface area contributed by atoms with E-state index in [2.05, 4.69) is 0 Å². The second-order valence-electron chi connectivity index (χ2n) is 15.8. The third-order valence-electron chi connectivity index (χ3n) is 14.2. The number of hydrogen-bond acceptors (Lipinski definition) is 16. The summed E-state index contributed by atoms with van der Waals surface area (Å²) in [6.45, 7) is 6.71. The lowest BCUT2D eigenvalue weighted by Crippen LogP contribution is -2.86. The predicted octanol–water partition coefficient (Wildman–Crippen LogP) is -0.203. The number of allylic oxidation sites excluding steroid dienone is 1. The Balaban J connectivity index is 1.42. The van der Waals surface area contributed by atoms with Gasteiger partial charge in [-0.2, -0.15) is 0 Å². The molecule has 16 nitrogen and oxygen atoms in total. The molecule has 4 bridgehead atoms. The molecule has 3 aliphatic carbocycles. The fourth-order valence-electron chi connectivity index (χ4n) is 12.2. The first kappa shape index (κ1) is 34.9. The van der Waals surface area contributed by atoms with E-state index in [4.69, 9.17) is 42.6 Å². The molecule has 3 saturated carbocycles. The van der Waals surface area contributed by atoms with Crippen molar-refractivity contribution in [2.24, 2.45) is 34.0 Å². The summed E-state index contributed by atoms with van der Waals surface area (Å²) in [4.78, 5) is 54.8. The van der Waals surface area contributed by atoms with Crippen molar-refractivity contribution >= 4 is 23.9 Å². The predicted molar refractivity (Wildman–Crippen MR) is 164 cm³/mol. The molecule has 16 atom stereocenters. The van der Waals surface area contributed by atoms with Crippen molar-refractivity contribution in [1.29, 1.82) is 0 Å². The average molecular weight is 721 g/mol. The standard InChI is InChI=1S/C35H44O16/c1-8-15(2)24(38)49-18-12-19(48-16(3)36)31(26(39)43-6)13-46-21-22(31)29(18,4)25-32(23(21)37)14-47-34(25,27(40)44-7)51-30(5)17-11-20(35(30,32)42)50-28-33(17,41)9-10-45-28/h8-10,17-23,25,28,37,41-42H,11-14H2,1-7H3/b15-8+/t17-,18+,19-,20+,21-,22-,23-,25+,28+,29+,30+,31+,32-,33+,34-,35+/m1/s1. The van der Waals surface area contributed by atoms with Gasteiger partial charge in [-0.15, -0.1) is 0 Å². The quantitative estimate of drug-likeness (QED) is 0.191. The first-order chi connectivity index (χ1) is 23.9. The summed E-state index contributed by atoms with van der Waals surface area (Å²) in [5, 5.41) is 38.5. The third kappa shape index (κ3) is 3.56. The maximum Gasteiger partial charge on any atom is 0.366 e. The maximum atomic E-state index is 14.4. The highest BCUT2D eigenvalue weighted by atomic mass is 16.8. The van der Waals surface area contributed by atoms with Gasteiger partial charge in [0, 0.05) is 42.1 Å². The van der Waals surface area contributed by atoms with Crippen molar-refractivity contribution in [3.8, 4) is 0 Å². The fourth-order valence-corrected chi connectivity index (χ4v) is 12.2. The Morgan fingerprint density at radius 1 is 0.961 bits per heavy atom. The van der Waals surface area contributed by atoms with Gasteiger partial charge in [0.2, 0.25) is 6.29 Å². The van der Waals surface area contributed by atoms with Crippen LogP contribution in [0.5, 0.6) is 0 Å². The minimum atomic E-state index is -2.41. The van der Waals surface area contributed by atoms with Gasteiger partial charge in [0.05, 0.1) is 57.4 Å². The van der Waals surface area contributed by atoms with Crippen LogP contribution < -0.4 is 0 Å². The molecule has 0 aromatic rings. The number of aliphatic hydroxyl groups excluding tert-OH is 1. The average Bonchev–Trinajstić information content (AvgIpc) is 3.83. The lowest BCUT2D eigenvalue weighted by Gasteiger charge is -2.71. The van der Waals surface area contributed by atoms with Crippen LogP contribution >= 0.6 is 0 Å². The van der Waals surface area contributed by atoms with Crippen LogP contribution in [0, 0.1) is 34.0 Å². The molecule has 7 fully saturated rings. The third-order valence-corrected chi connectivity index (χ3v) is 14.2. The summed E-state index contributed by atoms with van der Waals surface area (Å²) < 4.78 is 54.5. The number of aliphatic hydroxyl groups is 3. The molecule has 16 heteroatoms. The minimum Gasteiger partial charge on any atom is -0.469 e. The van der Waals surface area contributed by atoms with Crippen LogP contribution in [0.1, 0.15) is 47.5 Å². The molecule has 5 aliphatic heterocycles. The largest absolute Gasteiger partial charge is 0.469 e.